The highest BCUT2D eigenvalue weighted by Crippen LogP contribution is 2.16. The molecule has 5 nitrogen and oxygen atoms in total. The fourth-order valence-corrected chi connectivity index (χ4v) is 1.83. The van der Waals surface area contributed by atoms with Crippen LogP contribution in [0, 0.1) is 11.6 Å². The van der Waals surface area contributed by atoms with E-state index in [9.17, 15) is 13.6 Å². The van der Waals surface area contributed by atoms with E-state index in [2.05, 4.69) is 15.0 Å². The summed E-state index contributed by atoms with van der Waals surface area (Å²) in [7, 11) is 0. The van der Waals surface area contributed by atoms with Gasteiger partial charge in [-0.15, -0.1) is 0 Å². The van der Waals surface area contributed by atoms with Gasteiger partial charge >= 0.3 is 0 Å². The minimum absolute atomic E-state index is 0.0782. The number of nitrogens with zero attached hydrogens (tertiary/aromatic N) is 2. The number of fused-ring (bicyclic) bond motifs is 1. The van der Waals surface area contributed by atoms with Crippen LogP contribution in [0.3, 0.4) is 0 Å². The average molecular weight is 289 g/mol. The Kier molecular flexibility index (Phi) is 3.31. The third-order valence-corrected chi connectivity index (χ3v) is 2.82. The second-order valence-electron chi connectivity index (χ2n) is 4.27. The van der Waals surface area contributed by atoms with Crippen LogP contribution in [-0.4, -0.2) is 15.0 Å². The molecule has 21 heavy (non-hydrogen) atoms. The van der Waals surface area contributed by atoms with Crippen LogP contribution in [-0.2, 0) is 6.61 Å². The number of aromatic nitrogens is 3. The van der Waals surface area contributed by atoms with Gasteiger partial charge in [0, 0.05) is 12.3 Å². The molecule has 106 valence electrons. The molecule has 0 saturated heterocycles. The van der Waals surface area contributed by atoms with Crippen molar-refractivity contribution in [2.45, 2.75) is 6.61 Å². The fraction of sp³-hybridized carbons (Fsp3) is 0.0714. The molecule has 3 aromatic rings. The van der Waals surface area contributed by atoms with Gasteiger partial charge in [-0.1, -0.05) is 0 Å². The minimum atomic E-state index is -1.00. The van der Waals surface area contributed by atoms with E-state index in [1.54, 1.807) is 6.07 Å². The van der Waals surface area contributed by atoms with E-state index in [0.29, 0.717) is 10.9 Å². The number of ether oxygens (including phenoxy) is 1. The van der Waals surface area contributed by atoms with E-state index in [1.807, 2.05) is 0 Å². The monoisotopic (exact) mass is 289 g/mol. The van der Waals surface area contributed by atoms with E-state index >= 15 is 0 Å². The lowest BCUT2D eigenvalue weighted by Gasteiger charge is -2.06. The summed E-state index contributed by atoms with van der Waals surface area (Å²) in [5, 5.41) is 0.418. The number of pyridine rings is 1. The van der Waals surface area contributed by atoms with Gasteiger partial charge < -0.3 is 9.72 Å². The Morgan fingerprint density at radius 3 is 2.86 bits per heavy atom. The Bertz CT molecular complexity index is 864. The molecule has 0 bridgehead atoms. The van der Waals surface area contributed by atoms with Gasteiger partial charge in [-0.3, -0.25) is 9.78 Å². The fourth-order valence-electron chi connectivity index (χ4n) is 1.83. The molecule has 0 fully saturated rings. The van der Waals surface area contributed by atoms with Gasteiger partial charge in [0.1, 0.15) is 18.2 Å². The molecule has 0 radical (unpaired) electrons. The summed E-state index contributed by atoms with van der Waals surface area (Å²) in [4.78, 5) is 22.4. The SMILES string of the molecule is O=c1[nH]c(COc2ccc(F)c(F)c2)nc2cnccc12. The van der Waals surface area contributed by atoms with E-state index < -0.39 is 11.6 Å². The summed E-state index contributed by atoms with van der Waals surface area (Å²) in [5.74, 6) is -1.55. The molecule has 0 spiro atoms. The van der Waals surface area contributed by atoms with Crippen LogP contribution in [0.1, 0.15) is 5.82 Å². The normalized spacial score (nSPS) is 10.8. The Labute approximate surface area is 117 Å². The van der Waals surface area contributed by atoms with Crippen molar-refractivity contribution in [1.82, 2.24) is 15.0 Å². The molecule has 1 aromatic carbocycles. The molecule has 2 aromatic heterocycles. The first kappa shape index (κ1) is 13.2. The van der Waals surface area contributed by atoms with Crippen LogP contribution in [0.25, 0.3) is 10.9 Å². The van der Waals surface area contributed by atoms with Crippen molar-refractivity contribution >= 4 is 10.9 Å². The third-order valence-electron chi connectivity index (χ3n) is 2.82. The molecule has 0 amide bonds. The van der Waals surface area contributed by atoms with Gasteiger partial charge in [0.2, 0.25) is 0 Å². The quantitative estimate of drug-likeness (QED) is 0.802. The second kappa shape index (κ2) is 5.28. The molecular weight excluding hydrogens is 280 g/mol. The molecule has 7 heteroatoms. The van der Waals surface area contributed by atoms with Crippen molar-refractivity contribution in [2.75, 3.05) is 0 Å². The highest BCUT2D eigenvalue weighted by atomic mass is 19.2. The highest BCUT2D eigenvalue weighted by molar-refractivity contribution is 5.75. The molecule has 3 rings (SSSR count). The molecule has 0 saturated carbocycles. The first-order chi connectivity index (χ1) is 10.1. The number of H-pyrrole nitrogens is 1. The van der Waals surface area contributed by atoms with Gasteiger partial charge in [0.25, 0.3) is 5.56 Å². The first-order valence-corrected chi connectivity index (χ1v) is 6.04. The van der Waals surface area contributed by atoms with Crippen LogP contribution in [0.5, 0.6) is 5.75 Å². The van der Waals surface area contributed by atoms with Gasteiger partial charge in [-0.05, 0) is 18.2 Å². The second-order valence-corrected chi connectivity index (χ2v) is 4.27. The lowest BCUT2D eigenvalue weighted by Crippen LogP contribution is -2.13. The maximum atomic E-state index is 13.0. The Morgan fingerprint density at radius 1 is 1.19 bits per heavy atom. The van der Waals surface area contributed by atoms with Crippen molar-refractivity contribution in [3.8, 4) is 5.75 Å². The van der Waals surface area contributed by atoms with Crippen molar-refractivity contribution in [1.29, 1.82) is 0 Å². The van der Waals surface area contributed by atoms with Crippen molar-refractivity contribution in [2.24, 2.45) is 0 Å². The predicted molar refractivity (Wildman–Crippen MR) is 70.8 cm³/mol. The van der Waals surface area contributed by atoms with E-state index in [-0.39, 0.29) is 23.7 Å². The van der Waals surface area contributed by atoms with Crippen LogP contribution in [0.2, 0.25) is 0 Å². The summed E-state index contributed by atoms with van der Waals surface area (Å²) < 4.78 is 31.1. The van der Waals surface area contributed by atoms with Crippen molar-refractivity contribution in [3.63, 3.8) is 0 Å². The molecule has 0 atom stereocenters. The smallest absolute Gasteiger partial charge is 0.258 e. The Balaban J connectivity index is 1.85. The Morgan fingerprint density at radius 2 is 2.05 bits per heavy atom. The Hall–Kier alpha value is -2.83. The number of rotatable bonds is 3. The summed E-state index contributed by atoms with van der Waals surface area (Å²) >= 11 is 0. The number of aromatic amines is 1. The van der Waals surface area contributed by atoms with Crippen molar-refractivity contribution in [3.05, 3.63) is 64.5 Å². The van der Waals surface area contributed by atoms with Gasteiger partial charge in [0.05, 0.1) is 17.1 Å². The average Bonchev–Trinajstić information content (AvgIpc) is 2.49. The van der Waals surface area contributed by atoms with Crippen LogP contribution in [0.4, 0.5) is 8.78 Å². The molecule has 2 heterocycles. The zero-order valence-corrected chi connectivity index (χ0v) is 10.6. The summed E-state index contributed by atoms with van der Waals surface area (Å²) in [6.07, 6.45) is 2.96. The molecule has 0 unspecified atom stereocenters. The molecule has 0 aliphatic carbocycles. The molecule has 0 aliphatic heterocycles. The highest BCUT2D eigenvalue weighted by Gasteiger charge is 2.06. The van der Waals surface area contributed by atoms with Gasteiger partial charge in [0.15, 0.2) is 11.6 Å². The van der Waals surface area contributed by atoms with Gasteiger partial charge in [-0.2, -0.15) is 0 Å². The maximum Gasteiger partial charge on any atom is 0.258 e. The predicted octanol–water partition coefficient (Wildman–Crippen LogP) is 2.18. The first-order valence-electron chi connectivity index (χ1n) is 6.04. The van der Waals surface area contributed by atoms with Crippen LogP contribution < -0.4 is 10.3 Å². The topological polar surface area (TPSA) is 67.9 Å². The van der Waals surface area contributed by atoms with Crippen LogP contribution >= 0.6 is 0 Å². The minimum Gasteiger partial charge on any atom is -0.486 e. The third kappa shape index (κ3) is 2.71. The summed E-state index contributed by atoms with van der Waals surface area (Å²) in [6.45, 7) is -0.0782. The summed E-state index contributed by atoms with van der Waals surface area (Å²) in [5.41, 5.74) is 0.122. The number of benzene rings is 1. The van der Waals surface area contributed by atoms with Crippen LogP contribution in [0.15, 0.2) is 41.5 Å². The van der Waals surface area contributed by atoms with E-state index in [0.717, 1.165) is 12.1 Å². The zero-order valence-electron chi connectivity index (χ0n) is 10.6. The zero-order chi connectivity index (χ0) is 14.8. The lowest BCUT2D eigenvalue weighted by atomic mass is 10.3. The van der Waals surface area contributed by atoms with E-state index in [4.69, 9.17) is 4.74 Å². The number of nitrogens with one attached hydrogen (secondary N) is 1. The van der Waals surface area contributed by atoms with Gasteiger partial charge in [-0.25, -0.2) is 13.8 Å². The largest absolute Gasteiger partial charge is 0.486 e. The summed E-state index contributed by atoms with van der Waals surface area (Å²) in [6, 6.07) is 4.74. The molecule has 0 aliphatic rings. The lowest BCUT2D eigenvalue weighted by molar-refractivity contribution is 0.293. The number of hydrogen-bond donors (Lipinski definition) is 1. The molecular formula is C14H9F2N3O2. The van der Waals surface area contributed by atoms with Crippen molar-refractivity contribution < 1.29 is 13.5 Å². The maximum absolute atomic E-state index is 13.0. The number of hydrogen-bond acceptors (Lipinski definition) is 4. The standard InChI is InChI=1S/C14H9F2N3O2/c15-10-2-1-8(5-11(10)16)21-7-13-18-12-6-17-4-3-9(12)14(20)19-13/h1-6H,7H2,(H,18,19,20). The van der Waals surface area contributed by atoms with E-state index in [1.165, 1.54) is 18.5 Å². The number of halogens is 2. The molecule has 1 N–H and O–H groups in total.